The number of para-hydroxylation sites is 1. The van der Waals surface area contributed by atoms with Crippen molar-refractivity contribution in [3.8, 4) is 0 Å². The molecule has 0 radical (unpaired) electrons. The molecule has 5 nitrogen and oxygen atoms in total. The molecule has 1 aliphatic heterocycles. The molecule has 2 heterocycles. The van der Waals surface area contributed by atoms with Gasteiger partial charge in [-0.05, 0) is 23.8 Å². The van der Waals surface area contributed by atoms with Gasteiger partial charge in [0.05, 0.1) is 16.1 Å². The molecular weight excluding hydrogens is 392 g/mol. The Morgan fingerprint density at radius 2 is 1.79 bits per heavy atom. The Morgan fingerprint density at radius 1 is 1.07 bits per heavy atom. The summed E-state index contributed by atoms with van der Waals surface area (Å²) in [6, 6.07) is 18.9. The second kappa shape index (κ2) is 7.53. The number of fused-ring (bicyclic) bond motifs is 1. The summed E-state index contributed by atoms with van der Waals surface area (Å²) in [6.07, 6.45) is 1.65. The highest BCUT2D eigenvalue weighted by molar-refractivity contribution is 8.26. The number of carbonyl (C=O) groups is 2. The number of carbonyl (C=O) groups excluding carboxylic acids is 1. The van der Waals surface area contributed by atoms with E-state index in [2.05, 4.69) is 4.98 Å². The van der Waals surface area contributed by atoms with Gasteiger partial charge in [0.2, 0.25) is 0 Å². The van der Waals surface area contributed by atoms with Crippen LogP contribution in [-0.4, -0.2) is 31.2 Å². The quantitative estimate of drug-likeness (QED) is 0.516. The highest BCUT2D eigenvalue weighted by Gasteiger charge is 2.41. The van der Waals surface area contributed by atoms with Crippen LogP contribution in [-0.2, 0) is 9.59 Å². The van der Waals surface area contributed by atoms with Crippen LogP contribution in [0, 0.1) is 0 Å². The number of aromatic nitrogens is 1. The third-order valence-corrected chi connectivity index (χ3v) is 5.66. The molecule has 138 valence electrons. The fraction of sp³-hybridized carbons (Fsp3) is 0.0476. The first kappa shape index (κ1) is 18.3. The number of carboxylic acid groups (broad SMARTS) is 1. The SMILES string of the molecule is O=C(O)C(c1ccccc1)N1C(=O)/C(=C/c2ccc3ccccc3n2)SC1=S. The average molecular weight is 406 g/mol. The predicted molar refractivity (Wildman–Crippen MR) is 114 cm³/mol. The third kappa shape index (κ3) is 3.42. The number of pyridine rings is 1. The smallest absolute Gasteiger partial charge is 0.331 e. The van der Waals surface area contributed by atoms with Crippen LogP contribution in [0.15, 0.2) is 71.6 Å². The van der Waals surface area contributed by atoms with E-state index in [0.717, 1.165) is 27.6 Å². The van der Waals surface area contributed by atoms with Gasteiger partial charge in [-0.1, -0.05) is 78.6 Å². The number of thioether (sulfide) groups is 1. The van der Waals surface area contributed by atoms with Crippen molar-refractivity contribution in [2.45, 2.75) is 6.04 Å². The van der Waals surface area contributed by atoms with Crippen LogP contribution < -0.4 is 0 Å². The van der Waals surface area contributed by atoms with E-state index in [0.29, 0.717) is 16.2 Å². The summed E-state index contributed by atoms with van der Waals surface area (Å²) in [7, 11) is 0. The Labute approximate surface area is 170 Å². The first-order valence-electron chi connectivity index (χ1n) is 8.45. The normalized spacial score (nSPS) is 16.7. The fourth-order valence-corrected chi connectivity index (χ4v) is 4.33. The highest BCUT2D eigenvalue weighted by atomic mass is 32.2. The van der Waals surface area contributed by atoms with Crippen LogP contribution in [0.25, 0.3) is 17.0 Å². The first-order valence-corrected chi connectivity index (χ1v) is 9.68. The lowest BCUT2D eigenvalue weighted by atomic mass is 10.1. The Kier molecular flexibility index (Phi) is 4.93. The van der Waals surface area contributed by atoms with Gasteiger partial charge >= 0.3 is 5.97 Å². The van der Waals surface area contributed by atoms with E-state index < -0.39 is 17.9 Å². The Morgan fingerprint density at radius 3 is 2.54 bits per heavy atom. The molecule has 4 rings (SSSR count). The summed E-state index contributed by atoms with van der Waals surface area (Å²) in [6.45, 7) is 0. The zero-order valence-corrected chi connectivity index (χ0v) is 16.1. The summed E-state index contributed by atoms with van der Waals surface area (Å²) in [5.74, 6) is -1.56. The third-order valence-electron chi connectivity index (χ3n) is 4.33. The van der Waals surface area contributed by atoms with E-state index in [1.54, 1.807) is 36.4 Å². The zero-order valence-electron chi connectivity index (χ0n) is 14.5. The molecule has 0 aliphatic carbocycles. The van der Waals surface area contributed by atoms with Crippen LogP contribution in [0.2, 0.25) is 0 Å². The lowest BCUT2D eigenvalue weighted by Crippen LogP contribution is -2.37. The van der Waals surface area contributed by atoms with Crippen molar-refractivity contribution in [1.29, 1.82) is 0 Å². The number of nitrogens with zero attached hydrogens (tertiary/aromatic N) is 2. The van der Waals surface area contributed by atoms with Crippen molar-refractivity contribution in [2.75, 3.05) is 0 Å². The molecule has 1 saturated heterocycles. The van der Waals surface area contributed by atoms with Crippen molar-refractivity contribution < 1.29 is 14.7 Å². The number of amides is 1. The number of rotatable bonds is 4. The molecule has 1 unspecified atom stereocenters. The van der Waals surface area contributed by atoms with Crippen LogP contribution >= 0.6 is 24.0 Å². The summed E-state index contributed by atoms with van der Waals surface area (Å²) >= 11 is 6.41. The lowest BCUT2D eigenvalue weighted by Gasteiger charge is -2.23. The highest BCUT2D eigenvalue weighted by Crippen LogP contribution is 2.38. The molecule has 1 amide bonds. The summed E-state index contributed by atoms with van der Waals surface area (Å²) in [4.78, 5) is 30.9. The maximum Gasteiger partial charge on any atom is 0.331 e. The van der Waals surface area contributed by atoms with Crippen molar-refractivity contribution in [3.63, 3.8) is 0 Å². The van der Waals surface area contributed by atoms with E-state index in [1.807, 2.05) is 36.4 Å². The second-order valence-electron chi connectivity index (χ2n) is 6.13. The van der Waals surface area contributed by atoms with Gasteiger partial charge < -0.3 is 5.11 Å². The van der Waals surface area contributed by atoms with Crippen LogP contribution in [0.1, 0.15) is 17.3 Å². The van der Waals surface area contributed by atoms with Crippen molar-refractivity contribution in [2.24, 2.45) is 0 Å². The van der Waals surface area contributed by atoms with Gasteiger partial charge in [-0.2, -0.15) is 0 Å². The van der Waals surface area contributed by atoms with E-state index in [1.165, 1.54) is 0 Å². The molecule has 3 aromatic rings. The van der Waals surface area contributed by atoms with E-state index in [9.17, 15) is 14.7 Å². The minimum absolute atomic E-state index is 0.216. The van der Waals surface area contributed by atoms with E-state index in [-0.39, 0.29) is 4.32 Å². The van der Waals surface area contributed by atoms with Gasteiger partial charge in [-0.15, -0.1) is 0 Å². The molecular formula is C21H14N2O3S2. The fourth-order valence-electron chi connectivity index (χ4n) is 3.04. The second-order valence-corrected chi connectivity index (χ2v) is 7.81. The van der Waals surface area contributed by atoms with Gasteiger partial charge in [-0.25, -0.2) is 9.78 Å². The van der Waals surface area contributed by atoms with Gasteiger partial charge in [0.15, 0.2) is 6.04 Å². The van der Waals surface area contributed by atoms with Gasteiger partial charge in [0.1, 0.15) is 4.32 Å². The summed E-state index contributed by atoms with van der Waals surface area (Å²) < 4.78 is 0.216. The van der Waals surface area contributed by atoms with Crippen molar-refractivity contribution >= 4 is 57.2 Å². The van der Waals surface area contributed by atoms with Gasteiger partial charge in [0.25, 0.3) is 5.91 Å². The Balaban J connectivity index is 1.69. The molecule has 0 bridgehead atoms. The molecule has 0 spiro atoms. The minimum atomic E-state index is -1.16. The summed E-state index contributed by atoms with van der Waals surface area (Å²) in [5, 5.41) is 10.7. The molecule has 1 aromatic heterocycles. The van der Waals surface area contributed by atoms with Crippen LogP contribution in [0.3, 0.4) is 0 Å². The molecule has 1 fully saturated rings. The first-order chi connectivity index (χ1) is 13.5. The molecule has 1 atom stereocenters. The number of hydrogen-bond donors (Lipinski definition) is 1. The number of thiocarbonyl (C=S) groups is 1. The Bertz CT molecular complexity index is 1130. The maximum atomic E-state index is 13.0. The van der Waals surface area contributed by atoms with Crippen molar-refractivity contribution in [3.05, 3.63) is 82.9 Å². The zero-order chi connectivity index (χ0) is 19.7. The number of benzene rings is 2. The molecule has 28 heavy (non-hydrogen) atoms. The van der Waals surface area contributed by atoms with Gasteiger partial charge in [0, 0.05) is 5.39 Å². The minimum Gasteiger partial charge on any atom is -0.479 e. The predicted octanol–water partition coefficient (Wildman–Crippen LogP) is 4.26. The standard InChI is InChI=1S/C21H14N2O3S2/c24-19-17(12-15-11-10-13-6-4-5-9-16(13)22-15)28-21(27)23(19)18(20(25)26)14-7-2-1-3-8-14/h1-12,18H,(H,25,26)/b17-12-. The average Bonchev–Trinajstić information content (AvgIpc) is 2.96. The lowest BCUT2D eigenvalue weighted by molar-refractivity contribution is -0.145. The molecule has 7 heteroatoms. The van der Waals surface area contributed by atoms with E-state index in [4.69, 9.17) is 12.2 Å². The maximum absolute atomic E-state index is 13.0. The molecule has 0 saturated carbocycles. The number of carboxylic acids is 1. The monoisotopic (exact) mass is 406 g/mol. The van der Waals surface area contributed by atoms with Gasteiger partial charge in [-0.3, -0.25) is 9.69 Å². The molecule has 2 aromatic carbocycles. The van der Waals surface area contributed by atoms with Crippen molar-refractivity contribution in [1.82, 2.24) is 9.88 Å². The Hall–Kier alpha value is -3.03. The largest absolute Gasteiger partial charge is 0.479 e. The number of aliphatic carboxylic acids is 1. The topological polar surface area (TPSA) is 70.5 Å². The summed E-state index contributed by atoms with van der Waals surface area (Å²) in [5.41, 5.74) is 1.93. The molecule has 1 aliphatic rings. The van der Waals surface area contributed by atoms with Crippen LogP contribution in [0.5, 0.6) is 0 Å². The van der Waals surface area contributed by atoms with E-state index >= 15 is 0 Å². The number of hydrogen-bond acceptors (Lipinski definition) is 5. The van der Waals surface area contributed by atoms with Crippen LogP contribution in [0.4, 0.5) is 0 Å². The molecule has 1 N–H and O–H groups in total.